The van der Waals surface area contributed by atoms with Crippen LogP contribution in [0.1, 0.15) is 12.6 Å². The molecule has 8 heteroatoms. The lowest BCUT2D eigenvalue weighted by Gasteiger charge is -2.14. The van der Waals surface area contributed by atoms with E-state index in [2.05, 4.69) is 27.7 Å². The summed E-state index contributed by atoms with van der Waals surface area (Å²) in [6.45, 7) is 1.81. The monoisotopic (exact) mass is 417 g/mol. The summed E-state index contributed by atoms with van der Waals surface area (Å²) in [6, 6.07) is 11.4. The molecule has 0 spiro atoms. The van der Waals surface area contributed by atoms with Crippen molar-refractivity contribution in [1.29, 1.82) is 0 Å². The average molecular weight is 418 g/mol. The summed E-state index contributed by atoms with van der Waals surface area (Å²) in [7, 11) is 0. The van der Waals surface area contributed by atoms with Crippen LogP contribution in [0.2, 0.25) is 5.28 Å². The molecule has 0 N–H and O–H groups in total. The molecule has 0 aliphatic rings. The summed E-state index contributed by atoms with van der Waals surface area (Å²) in [5.41, 5.74) is 0.551. The largest absolute Gasteiger partial charge is 0.298 e. The van der Waals surface area contributed by atoms with Crippen LogP contribution in [0.3, 0.4) is 0 Å². The highest BCUT2D eigenvalue weighted by Gasteiger charge is 2.20. The van der Waals surface area contributed by atoms with Crippen LogP contribution in [0.25, 0.3) is 21.9 Å². The van der Waals surface area contributed by atoms with Crippen LogP contribution in [0.15, 0.2) is 46.0 Å². The lowest BCUT2D eigenvalue weighted by molar-refractivity contribution is 0.477. The topological polar surface area (TPSA) is 74.7 Å². The van der Waals surface area contributed by atoms with Crippen molar-refractivity contribution in [2.24, 2.45) is 0 Å². The lowest BCUT2D eigenvalue weighted by Crippen LogP contribution is -2.39. The molecule has 30 heavy (non-hydrogen) atoms. The number of fused-ring (bicyclic) bond motifs is 2. The zero-order valence-electron chi connectivity index (χ0n) is 16.1. The fraction of sp³-hybridized carbons (Fsp3) is 0.182. The van der Waals surface area contributed by atoms with Crippen molar-refractivity contribution < 1.29 is 0 Å². The highest BCUT2D eigenvalue weighted by Crippen LogP contribution is 2.15. The summed E-state index contributed by atoms with van der Waals surface area (Å²) in [5, 5.41) is 1.00. The standard InChI is InChI=1S/C22H16ClN5O2/c1-3-5-13-26-19-18(25-22(26)23)20(29)27(12-4-2)28(21(19)30)14-16-11-10-15-8-6-7-9-17(15)24-16/h2,6-11H,12-14H2,1H3. The van der Waals surface area contributed by atoms with Gasteiger partial charge < -0.3 is 0 Å². The second-order valence-electron chi connectivity index (χ2n) is 6.52. The van der Waals surface area contributed by atoms with Crippen LogP contribution in [0.5, 0.6) is 0 Å². The fourth-order valence-electron chi connectivity index (χ4n) is 3.31. The number of imidazole rings is 1. The van der Waals surface area contributed by atoms with Crippen molar-refractivity contribution in [3.05, 3.63) is 68.1 Å². The van der Waals surface area contributed by atoms with Crippen LogP contribution in [-0.2, 0) is 19.6 Å². The molecule has 0 saturated carbocycles. The minimum absolute atomic E-state index is 0.0239. The van der Waals surface area contributed by atoms with Gasteiger partial charge >= 0.3 is 0 Å². The molecule has 0 aliphatic carbocycles. The fourth-order valence-corrected chi connectivity index (χ4v) is 3.54. The van der Waals surface area contributed by atoms with Crippen molar-refractivity contribution in [3.63, 3.8) is 0 Å². The van der Waals surface area contributed by atoms with Crippen molar-refractivity contribution in [2.45, 2.75) is 26.6 Å². The molecule has 0 radical (unpaired) electrons. The van der Waals surface area contributed by atoms with Crippen molar-refractivity contribution in [1.82, 2.24) is 23.9 Å². The molecule has 0 saturated heterocycles. The van der Waals surface area contributed by atoms with Crippen LogP contribution in [0, 0.1) is 24.2 Å². The zero-order chi connectivity index (χ0) is 21.3. The number of rotatable bonds is 4. The van der Waals surface area contributed by atoms with Gasteiger partial charge in [-0.25, -0.2) is 14.3 Å². The zero-order valence-corrected chi connectivity index (χ0v) is 16.8. The van der Waals surface area contributed by atoms with Gasteiger partial charge in [-0.05, 0) is 30.7 Å². The SMILES string of the molecule is C#CCn1c(=O)c2nc(Cl)n(CC#CC)c2c(=O)n1Cc1ccc2ccccc2n1. The Kier molecular flexibility index (Phi) is 5.14. The van der Waals surface area contributed by atoms with E-state index in [9.17, 15) is 9.59 Å². The predicted molar refractivity (Wildman–Crippen MR) is 116 cm³/mol. The summed E-state index contributed by atoms with van der Waals surface area (Å²) in [5.74, 6) is 8.02. The van der Waals surface area contributed by atoms with E-state index in [1.807, 2.05) is 36.4 Å². The third-order valence-corrected chi connectivity index (χ3v) is 5.00. The molecule has 7 nitrogen and oxygen atoms in total. The lowest BCUT2D eigenvalue weighted by atomic mass is 10.2. The van der Waals surface area contributed by atoms with Gasteiger partial charge in [0.1, 0.15) is 12.1 Å². The molecular formula is C22H16ClN5O2. The normalized spacial score (nSPS) is 10.7. The number of halogens is 1. The minimum atomic E-state index is -0.492. The quantitative estimate of drug-likeness (QED) is 0.477. The Labute approximate surface area is 176 Å². The molecule has 0 unspecified atom stereocenters. The van der Waals surface area contributed by atoms with Gasteiger partial charge in [-0.15, -0.1) is 12.3 Å². The third kappa shape index (κ3) is 3.26. The maximum Gasteiger partial charge on any atom is 0.294 e. The van der Waals surface area contributed by atoms with Gasteiger partial charge in [-0.3, -0.25) is 19.1 Å². The van der Waals surface area contributed by atoms with Crippen LogP contribution < -0.4 is 11.1 Å². The van der Waals surface area contributed by atoms with E-state index < -0.39 is 11.1 Å². The molecular weight excluding hydrogens is 402 g/mol. The van der Waals surface area contributed by atoms with Crippen molar-refractivity contribution in [3.8, 4) is 24.2 Å². The Balaban J connectivity index is 1.96. The highest BCUT2D eigenvalue weighted by atomic mass is 35.5. The summed E-state index contributed by atoms with van der Waals surface area (Å²) in [4.78, 5) is 35.1. The Hall–Kier alpha value is -3.81. The molecule has 148 valence electrons. The number of nitrogens with zero attached hydrogens (tertiary/aromatic N) is 5. The second kappa shape index (κ2) is 7.90. The molecule has 4 rings (SSSR count). The maximum atomic E-state index is 13.4. The molecule has 4 aromatic rings. The van der Waals surface area contributed by atoms with Gasteiger partial charge in [-0.1, -0.05) is 36.1 Å². The Morgan fingerprint density at radius 1 is 1.03 bits per heavy atom. The number of para-hydroxylation sites is 1. The van der Waals surface area contributed by atoms with Crippen LogP contribution in [0.4, 0.5) is 0 Å². The number of benzene rings is 1. The summed E-state index contributed by atoms with van der Waals surface area (Å²) < 4.78 is 3.91. The Morgan fingerprint density at radius 2 is 1.83 bits per heavy atom. The molecule has 3 heterocycles. The molecule has 0 atom stereocenters. The number of hydrogen-bond acceptors (Lipinski definition) is 4. The molecule has 0 amide bonds. The van der Waals surface area contributed by atoms with Crippen LogP contribution >= 0.6 is 11.6 Å². The number of aromatic nitrogens is 5. The number of hydrogen-bond donors (Lipinski definition) is 0. The first-order valence-corrected chi connectivity index (χ1v) is 9.50. The molecule has 3 aromatic heterocycles. The molecule has 1 aromatic carbocycles. The van der Waals surface area contributed by atoms with Gasteiger partial charge in [0.05, 0.1) is 24.3 Å². The van der Waals surface area contributed by atoms with E-state index in [0.717, 1.165) is 10.9 Å². The summed E-state index contributed by atoms with van der Waals surface area (Å²) in [6.07, 6.45) is 5.45. The summed E-state index contributed by atoms with van der Waals surface area (Å²) >= 11 is 6.19. The number of terminal acetylenes is 1. The van der Waals surface area contributed by atoms with Crippen molar-refractivity contribution >= 4 is 33.5 Å². The molecule has 0 aliphatic heterocycles. The number of pyridine rings is 1. The Morgan fingerprint density at radius 3 is 2.60 bits per heavy atom. The van der Waals surface area contributed by atoms with E-state index in [-0.39, 0.29) is 36.0 Å². The highest BCUT2D eigenvalue weighted by molar-refractivity contribution is 6.29. The van der Waals surface area contributed by atoms with E-state index in [4.69, 9.17) is 18.0 Å². The van der Waals surface area contributed by atoms with Gasteiger partial charge in [0.25, 0.3) is 11.1 Å². The maximum absolute atomic E-state index is 13.4. The van der Waals surface area contributed by atoms with E-state index >= 15 is 0 Å². The van der Waals surface area contributed by atoms with Gasteiger partial charge in [0.15, 0.2) is 5.52 Å². The second-order valence-corrected chi connectivity index (χ2v) is 6.85. The van der Waals surface area contributed by atoms with E-state index in [1.165, 1.54) is 13.9 Å². The molecule has 0 bridgehead atoms. The minimum Gasteiger partial charge on any atom is -0.298 e. The van der Waals surface area contributed by atoms with Gasteiger partial charge in [0.2, 0.25) is 5.28 Å². The smallest absolute Gasteiger partial charge is 0.294 e. The first-order valence-electron chi connectivity index (χ1n) is 9.12. The Bertz CT molecular complexity index is 1510. The van der Waals surface area contributed by atoms with Crippen LogP contribution in [-0.4, -0.2) is 23.9 Å². The van der Waals surface area contributed by atoms with E-state index in [1.54, 1.807) is 6.92 Å². The third-order valence-electron chi connectivity index (χ3n) is 4.71. The van der Waals surface area contributed by atoms with Crippen molar-refractivity contribution in [2.75, 3.05) is 0 Å². The average Bonchev–Trinajstić information content (AvgIpc) is 3.09. The van der Waals surface area contributed by atoms with Gasteiger partial charge in [0, 0.05) is 5.39 Å². The molecule has 0 fully saturated rings. The first-order chi connectivity index (χ1) is 14.5. The van der Waals surface area contributed by atoms with E-state index in [0.29, 0.717) is 5.69 Å². The van der Waals surface area contributed by atoms with Gasteiger partial charge in [-0.2, -0.15) is 0 Å². The first kappa shape index (κ1) is 19.5. The predicted octanol–water partition coefficient (Wildman–Crippen LogP) is 2.27.